The number of aryl methyl sites for hydroxylation is 1. The van der Waals surface area contributed by atoms with Crippen LogP contribution in [-0.4, -0.2) is 43.9 Å². The van der Waals surface area contributed by atoms with Crippen molar-refractivity contribution in [2.24, 2.45) is 5.92 Å². The maximum atomic E-state index is 12.6. The topological polar surface area (TPSA) is 92.5 Å². The van der Waals surface area contributed by atoms with Gasteiger partial charge in [0.1, 0.15) is 0 Å². The van der Waals surface area contributed by atoms with E-state index in [1.165, 1.54) is 37.8 Å². The monoisotopic (exact) mass is 381 g/mol. The molecule has 0 radical (unpaired) electrons. The summed E-state index contributed by atoms with van der Waals surface area (Å²) < 4.78 is 27.9. The zero-order valence-corrected chi connectivity index (χ0v) is 16.0. The number of hydrogen-bond donors (Lipinski definition) is 1. The van der Waals surface area contributed by atoms with Crippen LogP contribution in [0.3, 0.4) is 0 Å². The Hall–Kier alpha value is -1.51. The Morgan fingerprint density at radius 3 is 2.46 bits per heavy atom. The number of piperidine rings is 1. The van der Waals surface area contributed by atoms with E-state index in [-0.39, 0.29) is 10.6 Å². The molecule has 1 aliphatic heterocycles. The molecule has 0 aromatic heterocycles. The van der Waals surface area contributed by atoms with Crippen molar-refractivity contribution >= 4 is 15.7 Å². The number of nitro groups is 1. The highest BCUT2D eigenvalue weighted by Crippen LogP contribution is 2.28. The molecule has 1 aromatic carbocycles. The van der Waals surface area contributed by atoms with Crippen molar-refractivity contribution in [1.29, 1.82) is 0 Å². The standard InChI is InChI=1S/C18H27N3O4S/c1-14-6-7-17(21(22)23)12-18(14)26(24,25)19-13-15-8-10-20(11-9-15)16-4-2-3-5-16/h6-7,12,15-16,19H,2-5,8-11,13H2,1H3. The zero-order chi connectivity index (χ0) is 18.7. The lowest BCUT2D eigenvalue weighted by Gasteiger charge is -2.36. The first-order valence-corrected chi connectivity index (χ1v) is 10.8. The van der Waals surface area contributed by atoms with Gasteiger partial charge in [0, 0.05) is 24.7 Å². The molecule has 0 unspecified atom stereocenters. The van der Waals surface area contributed by atoms with Crippen LogP contribution in [0.5, 0.6) is 0 Å². The van der Waals surface area contributed by atoms with Crippen LogP contribution in [0.2, 0.25) is 0 Å². The van der Waals surface area contributed by atoms with Crippen LogP contribution in [0.4, 0.5) is 5.69 Å². The molecule has 0 bridgehead atoms. The molecule has 2 fully saturated rings. The van der Waals surface area contributed by atoms with Gasteiger partial charge in [-0.15, -0.1) is 0 Å². The quantitative estimate of drug-likeness (QED) is 0.604. The first-order chi connectivity index (χ1) is 12.4. The summed E-state index contributed by atoms with van der Waals surface area (Å²) in [7, 11) is -3.74. The fraction of sp³-hybridized carbons (Fsp3) is 0.667. The number of nitrogens with zero attached hydrogens (tertiary/aromatic N) is 2. The average Bonchev–Trinajstić information content (AvgIpc) is 3.15. The van der Waals surface area contributed by atoms with E-state index >= 15 is 0 Å². The molecule has 1 saturated carbocycles. The average molecular weight is 381 g/mol. The molecule has 1 N–H and O–H groups in total. The molecule has 0 amide bonds. The maximum absolute atomic E-state index is 12.6. The van der Waals surface area contributed by atoms with Gasteiger partial charge in [-0.1, -0.05) is 18.9 Å². The van der Waals surface area contributed by atoms with E-state index in [0.29, 0.717) is 18.0 Å². The van der Waals surface area contributed by atoms with Crippen molar-refractivity contribution in [3.8, 4) is 0 Å². The second kappa shape index (κ2) is 8.02. The number of rotatable bonds is 6. The van der Waals surface area contributed by atoms with E-state index in [9.17, 15) is 18.5 Å². The molecule has 2 aliphatic rings. The highest BCUT2D eigenvalue weighted by atomic mass is 32.2. The molecule has 7 nitrogen and oxygen atoms in total. The normalized spacial score (nSPS) is 20.5. The number of hydrogen-bond acceptors (Lipinski definition) is 5. The van der Waals surface area contributed by atoms with E-state index in [0.717, 1.165) is 38.0 Å². The number of benzene rings is 1. The number of likely N-dealkylation sites (tertiary alicyclic amines) is 1. The summed E-state index contributed by atoms with van der Waals surface area (Å²) in [6.45, 7) is 4.11. The van der Waals surface area contributed by atoms with Crippen molar-refractivity contribution in [3.05, 3.63) is 33.9 Å². The van der Waals surface area contributed by atoms with E-state index in [1.54, 1.807) is 6.92 Å². The first kappa shape index (κ1) is 19.3. The largest absolute Gasteiger partial charge is 0.300 e. The maximum Gasteiger partial charge on any atom is 0.270 e. The van der Waals surface area contributed by atoms with Crippen molar-refractivity contribution < 1.29 is 13.3 Å². The molecular weight excluding hydrogens is 354 g/mol. The molecule has 3 rings (SSSR count). The highest BCUT2D eigenvalue weighted by Gasteiger charge is 2.28. The van der Waals surface area contributed by atoms with Gasteiger partial charge in [0.15, 0.2) is 0 Å². The smallest absolute Gasteiger partial charge is 0.270 e. The van der Waals surface area contributed by atoms with Crippen LogP contribution >= 0.6 is 0 Å². The van der Waals surface area contributed by atoms with Gasteiger partial charge in [-0.2, -0.15) is 0 Å². The Balaban J connectivity index is 1.57. The molecule has 1 aromatic rings. The van der Waals surface area contributed by atoms with Crippen LogP contribution < -0.4 is 4.72 Å². The van der Waals surface area contributed by atoms with Gasteiger partial charge in [-0.25, -0.2) is 13.1 Å². The summed E-state index contributed by atoms with van der Waals surface area (Å²) in [4.78, 5) is 12.9. The molecule has 1 aliphatic carbocycles. The third-order valence-electron chi connectivity index (χ3n) is 5.72. The lowest BCUT2D eigenvalue weighted by molar-refractivity contribution is -0.385. The van der Waals surface area contributed by atoms with Gasteiger partial charge in [0.2, 0.25) is 10.0 Å². The number of sulfonamides is 1. The summed E-state index contributed by atoms with van der Waals surface area (Å²) in [6.07, 6.45) is 7.23. The Bertz CT molecular complexity index is 752. The van der Waals surface area contributed by atoms with Crippen molar-refractivity contribution in [2.75, 3.05) is 19.6 Å². The Morgan fingerprint density at radius 1 is 1.19 bits per heavy atom. The number of non-ortho nitro benzene ring substituents is 1. The van der Waals surface area contributed by atoms with Crippen LogP contribution in [0, 0.1) is 23.0 Å². The lowest BCUT2D eigenvalue weighted by atomic mass is 9.96. The van der Waals surface area contributed by atoms with E-state index in [1.807, 2.05) is 0 Å². The Kier molecular flexibility index (Phi) is 5.94. The Labute approximate surface area is 155 Å². The van der Waals surface area contributed by atoms with Gasteiger partial charge in [0.05, 0.1) is 9.82 Å². The third-order valence-corrected chi connectivity index (χ3v) is 7.29. The Morgan fingerprint density at radius 2 is 1.85 bits per heavy atom. The fourth-order valence-electron chi connectivity index (χ4n) is 4.09. The molecule has 0 atom stereocenters. The summed E-state index contributed by atoms with van der Waals surface area (Å²) >= 11 is 0. The zero-order valence-electron chi connectivity index (χ0n) is 15.2. The minimum Gasteiger partial charge on any atom is -0.300 e. The molecule has 26 heavy (non-hydrogen) atoms. The molecule has 144 valence electrons. The van der Waals surface area contributed by atoms with Crippen LogP contribution in [0.15, 0.2) is 23.1 Å². The molecule has 0 spiro atoms. The van der Waals surface area contributed by atoms with Gasteiger partial charge in [-0.3, -0.25) is 10.1 Å². The predicted molar refractivity (Wildman–Crippen MR) is 99.6 cm³/mol. The van der Waals surface area contributed by atoms with Crippen molar-refractivity contribution in [3.63, 3.8) is 0 Å². The summed E-state index contributed by atoms with van der Waals surface area (Å²) in [6, 6.07) is 4.67. The highest BCUT2D eigenvalue weighted by molar-refractivity contribution is 7.89. The molecular formula is C18H27N3O4S. The summed E-state index contributed by atoms with van der Waals surface area (Å²) in [5.74, 6) is 0.321. The summed E-state index contributed by atoms with van der Waals surface area (Å²) in [5.41, 5.74) is 0.306. The van der Waals surface area contributed by atoms with E-state index < -0.39 is 14.9 Å². The minimum absolute atomic E-state index is 0.00454. The predicted octanol–water partition coefficient (Wildman–Crippen LogP) is 2.84. The molecule has 8 heteroatoms. The van der Waals surface area contributed by atoms with Gasteiger partial charge >= 0.3 is 0 Å². The van der Waals surface area contributed by atoms with Gasteiger partial charge < -0.3 is 4.90 Å². The molecule has 1 heterocycles. The van der Waals surface area contributed by atoms with Crippen molar-refractivity contribution in [2.45, 2.75) is 56.4 Å². The third kappa shape index (κ3) is 4.42. The van der Waals surface area contributed by atoms with E-state index in [2.05, 4.69) is 9.62 Å². The SMILES string of the molecule is Cc1ccc([N+](=O)[O-])cc1S(=O)(=O)NCC1CCN(C2CCCC2)CC1. The first-order valence-electron chi connectivity index (χ1n) is 9.35. The van der Waals surface area contributed by atoms with Crippen molar-refractivity contribution in [1.82, 2.24) is 9.62 Å². The lowest BCUT2D eigenvalue weighted by Crippen LogP contribution is -2.42. The molecule has 1 saturated heterocycles. The summed E-state index contributed by atoms with van der Waals surface area (Å²) in [5, 5.41) is 10.9. The number of nitrogens with one attached hydrogen (secondary N) is 1. The second-order valence-corrected chi connectivity index (χ2v) is 9.21. The van der Waals surface area contributed by atoms with E-state index in [4.69, 9.17) is 0 Å². The fourth-order valence-corrected chi connectivity index (χ4v) is 5.47. The van der Waals surface area contributed by atoms with Crippen LogP contribution in [-0.2, 0) is 10.0 Å². The van der Waals surface area contributed by atoms with Gasteiger partial charge in [-0.05, 0) is 57.2 Å². The van der Waals surface area contributed by atoms with Crippen LogP contribution in [0.1, 0.15) is 44.1 Å². The van der Waals surface area contributed by atoms with Crippen LogP contribution in [0.25, 0.3) is 0 Å². The number of nitro benzene ring substituents is 1. The van der Waals surface area contributed by atoms with Gasteiger partial charge in [0.25, 0.3) is 5.69 Å². The minimum atomic E-state index is -3.74. The second-order valence-electron chi connectivity index (χ2n) is 7.48.